The molecule has 1 saturated carbocycles. The number of ether oxygens (including phenoxy) is 3. The predicted octanol–water partition coefficient (Wildman–Crippen LogP) is 2.12. The fourth-order valence-electron chi connectivity index (χ4n) is 3.92. The van der Waals surface area contributed by atoms with E-state index in [1.165, 1.54) is 14.2 Å². The minimum atomic E-state index is -0.533. The van der Waals surface area contributed by atoms with Crippen LogP contribution in [0.25, 0.3) is 0 Å². The molecule has 0 unspecified atom stereocenters. The Morgan fingerprint density at radius 2 is 1.54 bits per heavy atom. The van der Waals surface area contributed by atoms with Gasteiger partial charge in [0.25, 0.3) is 0 Å². The van der Waals surface area contributed by atoms with E-state index in [-0.39, 0.29) is 23.9 Å². The quantitative estimate of drug-likeness (QED) is 0.626. The summed E-state index contributed by atoms with van der Waals surface area (Å²) in [6.45, 7) is 6.54. The summed E-state index contributed by atoms with van der Waals surface area (Å²) in [5, 5.41) is 0. The van der Waals surface area contributed by atoms with Crippen molar-refractivity contribution >= 4 is 11.9 Å². The Hall–Kier alpha value is -1.92. The van der Waals surface area contributed by atoms with Gasteiger partial charge in [-0.05, 0) is 18.7 Å². The van der Waals surface area contributed by atoms with Crippen molar-refractivity contribution in [1.82, 2.24) is 4.90 Å². The summed E-state index contributed by atoms with van der Waals surface area (Å²) in [6.07, 6.45) is 0. The molecule has 6 heteroatoms. The molecule has 1 aromatic carbocycles. The zero-order valence-electron chi connectivity index (χ0n) is 16.0. The molecule has 26 heavy (non-hydrogen) atoms. The number of rotatable bonds is 9. The van der Waals surface area contributed by atoms with Crippen LogP contribution in [0.3, 0.4) is 0 Å². The van der Waals surface area contributed by atoms with Crippen LogP contribution in [-0.2, 0) is 30.4 Å². The van der Waals surface area contributed by atoms with Crippen LogP contribution in [-0.4, -0.2) is 56.8 Å². The highest BCUT2D eigenvalue weighted by atomic mass is 16.5. The molecule has 0 saturated heterocycles. The van der Waals surface area contributed by atoms with Crippen molar-refractivity contribution in [3.63, 3.8) is 0 Å². The van der Waals surface area contributed by atoms with E-state index in [0.717, 1.165) is 18.7 Å². The first-order chi connectivity index (χ1) is 12.6. The maximum atomic E-state index is 12.3. The molecule has 144 valence electrons. The summed E-state index contributed by atoms with van der Waals surface area (Å²) < 4.78 is 15.8. The highest BCUT2D eigenvalue weighted by Gasteiger charge is 2.60. The van der Waals surface area contributed by atoms with Gasteiger partial charge in [-0.3, -0.25) is 14.5 Å². The van der Waals surface area contributed by atoms with Crippen LogP contribution >= 0.6 is 0 Å². The first-order valence-corrected chi connectivity index (χ1v) is 9.10. The summed E-state index contributed by atoms with van der Waals surface area (Å²) >= 11 is 0. The molecule has 0 bridgehead atoms. The van der Waals surface area contributed by atoms with Gasteiger partial charge in [-0.2, -0.15) is 0 Å². The van der Waals surface area contributed by atoms with Gasteiger partial charge in [0.1, 0.15) is 0 Å². The summed E-state index contributed by atoms with van der Waals surface area (Å²) in [4.78, 5) is 26.8. The second-order valence-corrected chi connectivity index (χ2v) is 6.47. The average Bonchev–Trinajstić information content (AvgIpc) is 2.67. The fourth-order valence-corrected chi connectivity index (χ4v) is 3.92. The zero-order valence-corrected chi connectivity index (χ0v) is 16.0. The van der Waals surface area contributed by atoms with Gasteiger partial charge in [-0.1, -0.05) is 44.2 Å². The monoisotopic (exact) mass is 363 g/mol. The predicted molar refractivity (Wildman–Crippen MR) is 97.3 cm³/mol. The van der Waals surface area contributed by atoms with Crippen LogP contribution in [0.2, 0.25) is 0 Å². The van der Waals surface area contributed by atoms with Crippen LogP contribution in [0.15, 0.2) is 30.3 Å². The van der Waals surface area contributed by atoms with Gasteiger partial charge in [0.05, 0.1) is 39.3 Å². The SMILES string of the molecule is CCN(CC)[C@H]1[C@H](COCc2ccccc2)[C@@H](C(=O)OC)[C@@H]1C(=O)OC. The van der Waals surface area contributed by atoms with Gasteiger partial charge in [0, 0.05) is 12.0 Å². The van der Waals surface area contributed by atoms with E-state index < -0.39 is 11.8 Å². The van der Waals surface area contributed by atoms with Gasteiger partial charge in [-0.25, -0.2) is 0 Å². The number of hydrogen-bond donors (Lipinski definition) is 0. The largest absolute Gasteiger partial charge is 0.469 e. The first kappa shape index (κ1) is 20.4. The lowest BCUT2D eigenvalue weighted by Crippen LogP contribution is -2.66. The molecule has 0 aliphatic heterocycles. The van der Waals surface area contributed by atoms with E-state index in [4.69, 9.17) is 14.2 Å². The van der Waals surface area contributed by atoms with Crippen LogP contribution in [0.4, 0.5) is 0 Å². The molecule has 0 amide bonds. The molecule has 1 fully saturated rings. The Morgan fingerprint density at radius 3 is 2.08 bits per heavy atom. The molecule has 0 N–H and O–H groups in total. The van der Waals surface area contributed by atoms with Crippen LogP contribution in [0.1, 0.15) is 19.4 Å². The molecule has 2 rings (SSSR count). The fraction of sp³-hybridized carbons (Fsp3) is 0.600. The minimum absolute atomic E-state index is 0.0858. The number of benzene rings is 1. The molecule has 1 aliphatic rings. The van der Waals surface area contributed by atoms with Crippen molar-refractivity contribution in [2.45, 2.75) is 26.5 Å². The Kier molecular flexibility index (Phi) is 7.60. The standard InChI is InChI=1S/C20H29NO5/c1-5-21(6-2)18-15(13-26-12-14-10-8-7-9-11-14)16(19(22)24-3)17(18)20(23)25-4/h7-11,15-18H,5-6,12-13H2,1-4H3/t15-,16-,17+,18+/m1/s1. The molecule has 6 nitrogen and oxygen atoms in total. The van der Waals surface area contributed by atoms with E-state index in [1.807, 2.05) is 44.2 Å². The van der Waals surface area contributed by atoms with Crippen LogP contribution in [0.5, 0.6) is 0 Å². The van der Waals surface area contributed by atoms with Crippen molar-refractivity contribution in [1.29, 1.82) is 0 Å². The normalized spacial score (nSPS) is 24.8. The van der Waals surface area contributed by atoms with Gasteiger partial charge in [0.2, 0.25) is 0 Å². The van der Waals surface area contributed by atoms with Gasteiger partial charge < -0.3 is 14.2 Å². The first-order valence-electron chi connectivity index (χ1n) is 9.10. The Morgan fingerprint density at radius 1 is 0.962 bits per heavy atom. The van der Waals surface area contributed by atoms with Crippen molar-refractivity contribution in [3.05, 3.63) is 35.9 Å². The average molecular weight is 363 g/mol. The number of carbonyl (C=O) groups is 2. The van der Waals surface area contributed by atoms with E-state index in [1.54, 1.807) is 0 Å². The molecule has 1 aromatic rings. The second kappa shape index (κ2) is 9.69. The zero-order chi connectivity index (χ0) is 19.1. The summed E-state index contributed by atoms with van der Waals surface area (Å²) in [7, 11) is 2.71. The lowest BCUT2D eigenvalue weighted by Gasteiger charge is -2.52. The Balaban J connectivity index is 2.14. The maximum Gasteiger partial charge on any atom is 0.311 e. The van der Waals surface area contributed by atoms with Crippen molar-refractivity contribution < 1.29 is 23.8 Å². The highest BCUT2D eigenvalue weighted by Crippen LogP contribution is 2.45. The number of nitrogens with zero attached hydrogens (tertiary/aromatic N) is 1. The minimum Gasteiger partial charge on any atom is -0.469 e. The molecule has 1 aliphatic carbocycles. The smallest absolute Gasteiger partial charge is 0.311 e. The maximum absolute atomic E-state index is 12.3. The van der Waals surface area contributed by atoms with E-state index in [0.29, 0.717) is 13.2 Å². The molecule has 4 atom stereocenters. The van der Waals surface area contributed by atoms with Crippen LogP contribution < -0.4 is 0 Å². The topological polar surface area (TPSA) is 65.1 Å². The highest BCUT2D eigenvalue weighted by molar-refractivity contribution is 5.85. The number of carbonyl (C=O) groups excluding carboxylic acids is 2. The summed E-state index contributed by atoms with van der Waals surface area (Å²) in [6, 6.07) is 9.80. The number of hydrogen-bond acceptors (Lipinski definition) is 6. The van der Waals surface area contributed by atoms with Crippen molar-refractivity contribution in [2.75, 3.05) is 33.9 Å². The van der Waals surface area contributed by atoms with Gasteiger partial charge in [-0.15, -0.1) is 0 Å². The molecule has 0 aromatic heterocycles. The number of esters is 2. The Bertz CT molecular complexity index is 587. The third-order valence-electron chi connectivity index (χ3n) is 5.26. The van der Waals surface area contributed by atoms with Crippen molar-refractivity contribution in [2.24, 2.45) is 17.8 Å². The Labute approximate surface area is 155 Å². The third-order valence-corrected chi connectivity index (χ3v) is 5.26. The molecule has 0 radical (unpaired) electrons. The summed E-state index contributed by atoms with van der Waals surface area (Å²) in [5.74, 6) is -1.89. The van der Waals surface area contributed by atoms with E-state index in [2.05, 4.69) is 4.90 Å². The number of methoxy groups -OCH3 is 2. The molecule has 0 heterocycles. The van der Waals surface area contributed by atoms with Crippen molar-refractivity contribution in [3.8, 4) is 0 Å². The summed E-state index contributed by atoms with van der Waals surface area (Å²) in [5.41, 5.74) is 1.07. The van der Waals surface area contributed by atoms with E-state index in [9.17, 15) is 9.59 Å². The van der Waals surface area contributed by atoms with Gasteiger partial charge in [0.15, 0.2) is 0 Å². The van der Waals surface area contributed by atoms with Gasteiger partial charge >= 0.3 is 11.9 Å². The van der Waals surface area contributed by atoms with E-state index >= 15 is 0 Å². The molecule has 0 spiro atoms. The molecular weight excluding hydrogens is 334 g/mol. The molecular formula is C20H29NO5. The van der Waals surface area contributed by atoms with Crippen LogP contribution in [0, 0.1) is 17.8 Å². The second-order valence-electron chi connectivity index (χ2n) is 6.47. The lowest BCUT2D eigenvalue weighted by molar-refractivity contribution is -0.186. The third kappa shape index (κ3) is 4.24. The lowest BCUT2D eigenvalue weighted by atomic mass is 9.60.